The lowest BCUT2D eigenvalue weighted by molar-refractivity contribution is -0.141. The fourth-order valence-corrected chi connectivity index (χ4v) is 3.50. The molecular weight excluding hydrogens is 383 g/mol. The average Bonchev–Trinajstić information content (AvgIpc) is 3.18. The van der Waals surface area contributed by atoms with E-state index in [1.807, 2.05) is 0 Å². The first-order valence-corrected chi connectivity index (χ1v) is 8.53. The number of rotatable bonds is 4. The number of aromatic nitrogens is 3. The van der Waals surface area contributed by atoms with Crippen molar-refractivity contribution < 1.29 is 19.4 Å². The predicted molar refractivity (Wildman–Crippen MR) is 94.0 cm³/mol. The van der Waals surface area contributed by atoms with Gasteiger partial charge in [0.2, 0.25) is 5.82 Å². The van der Waals surface area contributed by atoms with Gasteiger partial charge >= 0.3 is 5.97 Å². The molecule has 3 rings (SSSR count). The van der Waals surface area contributed by atoms with E-state index in [9.17, 15) is 14.7 Å². The fourth-order valence-electron chi connectivity index (χ4n) is 2.94. The number of carboxylic acid groups (broad SMARTS) is 1. The van der Waals surface area contributed by atoms with Crippen LogP contribution in [0.5, 0.6) is 0 Å². The summed E-state index contributed by atoms with van der Waals surface area (Å²) in [4.78, 5) is 29.6. The normalized spacial score (nSPS) is 19.8. The van der Waals surface area contributed by atoms with Crippen LogP contribution in [0.25, 0.3) is 5.69 Å². The maximum absolute atomic E-state index is 12.8. The van der Waals surface area contributed by atoms with Crippen molar-refractivity contribution in [1.29, 1.82) is 0 Å². The zero-order valence-electron chi connectivity index (χ0n) is 14.0. The number of aliphatic carboxylic acids is 1. The molecule has 1 N–H and O–H groups in total. The highest BCUT2D eigenvalue weighted by molar-refractivity contribution is 6.37. The van der Waals surface area contributed by atoms with Crippen molar-refractivity contribution in [3.63, 3.8) is 0 Å². The van der Waals surface area contributed by atoms with E-state index in [1.54, 1.807) is 25.1 Å². The lowest BCUT2D eigenvalue weighted by Crippen LogP contribution is -2.41. The molecule has 26 heavy (non-hydrogen) atoms. The first-order chi connectivity index (χ1) is 12.3. The van der Waals surface area contributed by atoms with Crippen LogP contribution in [0.3, 0.4) is 0 Å². The van der Waals surface area contributed by atoms with Gasteiger partial charge in [0.15, 0.2) is 0 Å². The summed E-state index contributed by atoms with van der Waals surface area (Å²) in [5, 5.41) is 14.3. The zero-order valence-corrected chi connectivity index (χ0v) is 15.5. The van der Waals surface area contributed by atoms with Crippen molar-refractivity contribution in [1.82, 2.24) is 19.7 Å². The molecule has 0 aliphatic carbocycles. The molecule has 2 heterocycles. The smallest absolute Gasteiger partial charge is 0.326 e. The quantitative estimate of drug-likeness (QED) is 0.847. The Morgan fingerprint density at radius 2 is 1.96 bits per heavy atom. The van der Waals surface area contributed by atoms with Gasteiger partial charge < -0.3 is 14.7 Å². The number of aryl methyl sites for hydroxylation is 1. The van der Waals surface area contributed by atoms with E-state index in [1.165, 1.54) is 16.7 Å². The second-order valence-electron chi connectivity index (χ2n) is 5.87. The van der Waals surface area contributed by atoms with Gasteiger partial charge in [-0.3, -0.25) is 4.79 Å². The Labute approximate surface area is 159 Å². The van der Waals surface area contributed by atoms with Gasteiger partial charge in [-0.05, 0) is 19.1 Å². The Bertz CT molecular complexity index is 850. The summed E-state index contributed by atoms with van der Waals surface area (Å²) in [7, 11) is 1.48. The first kappa shape index (κ1) is 18.6. The van der Waals surface area contributed by atoms with Crippen LogP contribution >= 0.6 is 23.2 Å². The minimum absolute atomic E-state index is 0.124. The highest BCUT2D eigenvalue weighted by atomic mass is 35.5. The molecule has 8 nitrogen and oxygen atoms in total. The Morgan fingerprint density at radius 3 is 2.54 bits per heavy atom. The van der Waals surface area contributed by atoms with Crippen LogP contribution in [0.2, 0.25) is 10.0 Å². The number of carbonyl (C=O) groups excluding carboxylic acids is 1. The third-order valence-corrected chi connectivity index (χ3v) is 4.86. The molecule has 0 spiro atoms. The maximum atomic E-state index is 12.8. The largest absolute Gasteiger partial charge is 0.480 e. The molecule has 1 saturated heterocycles. The highest BCUT2D eigenvalue weighted by Gasteiger charge is 2.41. The maximum Gasteiger partial charge on any atom is 0.326 e. The van der Waals surface area contributed by atoms with E-state index in [2.05, 4.69) is 10.1 Å². The summed E-state index contributed by atoms with van der Waals surface area (Å²) in [6.07, 6.45) is -0.130. The van der Waals surface area contributed by atoms with Gasteiger partial charge in [-0.2, -0.15) is 0 Å². The van der Waals surface area contributed by atoms with Gasteiger partial charge in [0.1, 0.15) is 17.6 Å². The van der Waals surface area contributed by atoms with Crippen LogP contribution < -0.4 is 0 Å². The minimum atomic E-state index is -1.09. The number of halogens is 2. The summed E-state index contributed by atoms with van der Waals surface area (Å²) in [5.41, 5.74) is 0.408. The Morgan fingerprint density at radius 1 is 1.31 bits per heavy atom. The zero-order chi connectivity index (χ0) is 19.0. The number of hydrogen-bond donors (Lipinski definition) is 1. The van der Waals surface area contributed by atoms with Crippen LogP contribution in [0.15, 0.2) is 18.2 Å². The third-order valence-electron chi connectivity index (χ3n) is 4.25. The molecule has 0 bridgehead atoms. The molecule has 0 saturated carbocycles. The molecular formula is C16H16Cl2N4O4. The average molecular weight is 399 g/mol. The Hall–Kier alpha value is -2.16. The summed E-state index contributed by atoms with van der Waals surface area (Å²) in [6.45, 7) is 1.81. The number of carboxylic acids is 1. The summed E-state index contributed by atoms with van der Waals surface area (Å²) >= 11 is 12.4. The second kappa shape index (κ2) is 7.22. The number of likely N-dealkylation sites (tertiary alicyclic amines) is 1. The number of methoxy groups -OCH3 is 1. The third kappa shape index (κ3) is 3.27. The topological polar surface area (TPSA) is 97.5 Å². The monoisotopic (exact) mass is 398 g/mol. The lowest BCUT2D eigenvalue weighted by atomic mass is 10.2. The molecule has 1 amide bonds. The number of carbonyl (C=O) groups is 2. The van der Waals surface area contributed by atoms with Crippen LogP contribution in [-0.2, 0) is 9.53 Å². The van der Waals surface area contributed by atoms with Crippen molar-refractivity contribution in [2.75, 3.05) is 13.7 Å². The number of nitrogens with zero attached hydrogens (tertiary/aromatic N) is 4. The van der Waals surface area contributed by atoms with E-state index in [-0.39, 0.29) is 24.9 Å². The van der Waals surface area contributed by atoms with Crippen molar-refractivity contribution in [3.05, 3.63) is 39.9 Å². The molecule has 1 aliphatic rings. The SMILES string of the molecule is COC1CC(C(=O)O)N(C(=O)c2nc(C)n(-c3c(Cl)cccc3Cl)n2)C1. The summed E-state index contributed by atoms with van der Waals surface area (Å²) in [6, 6.07) is 4.01. The van der Waals surface area contributed by atoms with Crippen molar-refractivity contribution in [2.45, 2.75) is 25.5 Å². The van der Waals surface area contributed by atoms with E-state index >= 15 is 0 Å². The van der Waals surface area contributed by atoms with Gasteiger partial charge in [-0.1, -0.05) is 29.3 Å². The fraction of sp³-hybridized carbons (Fsp3) is 0.375. The molecule has 138 valence electrons. The van der Waals surface area contributed by atoms with E-state index in [4.69, 9.17) is 27.9 Å². The number of ether oxygens (including phenoxy) is 1. The predicted octanol–water partition coefficient (Wildman–Crippen LogP) is 2.20. The van der Waals surface area contributed by atoms with Gasteiger partial charge in [0.25, 0.3) is 5.91 Å². The van der Waals surface area contributed by atoms with E-state index in [0.717, 1.165) is 0 Å². The molecule has 10 heteroatoms. The second-order valence-corrected chi connectivity index (χ2v) is 6.68. The highest BCUT2D eigenvalue weighted by Crippen LogP contribution is 2.29. The van der Waals surface area contributed by atoms with Gasteiger partial charge in [-0.25, -0.2) is 14.5 Å². The minimum Gasteiger partial charge on any atom is -0.480 e. The van der Waals surface area contributed by atoms with E-state index < -0.39 is 17.9 Å². The molecule has 2 aromatic rings. The molecule has 1 fully saturated rings. The standard InChI is InChI=1S/C16H16Cl2N4O4/c1-8-19-14(20-22(8)13-10(17)4-3-5-11(13)18)15(23)21-7-9(26-2)6-12(21)16(24)25/h3-5,9,12H,6-7H2,1-2H3,(H,24,25). The first-order valence-electron chi connectivity index (χ1n) is 7.78. The number of hydrogen-bond acceptors (Lipinski definition) is 5. The van der Waals surface area contributed by atoms with Crippen LogP contribution in [0.4, 0.5) is 0 Å². The van der Waals surface area contributed by atoms with Crippen LogP contribution in [0.1, 0.15) is 22.9 Å². The Balaban J connectivity index is 1.96. The Kier molecular flexibility index (Phi) is 5.17. The lowest BCUT2D eigenvalue weighted by Gasteiger charge is -2.19. The molecule has 1 aromatic heterocycles. The van der Waals surface area contributed by atoms with Crippen molar-refractivity contribution in [2.24, 2.45) is 0 Å². The van der Waals surface area contributed by atoms with Crippen LogP contribution in [0, 0.1) is 6.92 Å². The molecule has 1 aromatic carbocycles. The van der Waals surface area contributed by atoms with Gasteiger partial charge in [0.05, 0.1) is 16.1 Å². The molecule has 1 aliphatic heterocycles. The van der Waals surface area contributed by atoms with Crippen LogP contribution in [-0.4, -0.2) is 62.4 Å². The van der Waals surface area contributed by atoms with Crippen molar-refractivity contribution in [3.8, 4) is 5.69 Å². The van der Waals surface area contributed by atoms with Crippen molar-refractivity contribution >= 4 is 35.1 Å². The summed E-state index contributed by atoms with van der Waals surface area (Å²) in [5.74, 6) is -1.40. The van der Waals surface area contributed by atoms with Gasteiger partial charge in [0, 0.05) is 20.1 Å². The number of para-hydroxylation sites is 1. The molecule has 2 unspecified atom stereocenters. The summed E-state index contributed by atoms with van der Waals surface area (Å²) < 4.78 is 6.57. The molecule has 2 atom stereocenters. The van der Waals surface area contributed by atoms with E-state index in [0.29, 0.717) is 21.6 Å². The van der Waals surface area contributed by atoms with Gasteiger partial charge in [-0.15, -0.1) is 5.10 Å². The number of amides is 1. The molecule has 0 radical (unpaired) electrons. The number of benzene rings is 1.